The molecule has 1 aliphatic carbocycles. The number of carbonyl (C=O) groups is 2. The number of benzene rings is 1. The lowest BCUT2D eigenvalue weighted by molar-refractivity contribution is -0.146. The molecule has 5 nitrogen and oxygen atoms in total. The molecule has 2 aromatic rings. The molecule has 2 atom stereocenters. The molecular weight excluding hydrogens is 384 g/mol. The number of nitrogens with one attached hydrogen (secondary N) is 1. The van der Waals surface area contributed by atoms with Crippen LogP contribution in [0.5, 0.6) is 0 Å². The molecule has 0 bridgehead atoms. The van der Waals surface area contributed by atoms with Crippen molar-refractivity contribution in [1.29, 1.82) is 0 Å². The van der Waals surface area contributed by atoms with Crippen molar-refractivity contribution in [3.63, 3.8) is 0 Å². The van der Waals surface area contributed by atoms with Gasteiger partial charge in [-0.25, -0.2) is 4.98 Å². The topological polar surface area (TPSA) is 79.3 Å². The van der Waals surface area contributed by atoms with Gasteiger partial charge in [-0.05, 0) is 44.6 Å². The maximum absolute atomic E-state index is 12.8. The van der Waals surface area contributed by atoms with Crippen LogP contribution in [0.15, 0.2) is 40.8 Å². The summed E-state index contributed by atoms with van der Waals surface area (Å²) in [5.74, 6) is -1.83. The van der Waals surface area contributed by atoms with E-state index in [9.17, 15) is 14.7 Å². The Hall–Kier alpha value is -2.47. The number of nitrogens with zero attached hydrogens (tertiary/aromatic N) is 1. The van der Waals surface area contributed by atoms with E-state index < -0.39 is 17.8 Å². The Morgan fingerprint density at radius 1 is 1.14 bits per heavy atom. The zero-order valence-electron chi connectivity index (χ0n) is 17.4. The van der Waals surface area contributed by atoms with Crippen molar-refractivity contribution in [2.24, 2.45) is 17.8 Å². The van der Waals surface area contributed by atoms with Crippen molar-refractivity contribution < 1.29 is 14.7 Å². The second kappa shape index (κ2) is 8.91. The van der Waals surface area contributed by atoms with Gasteiger partial charge in [0.15, 0.2) is 5.13 Å². The number of hydrogen-bond donors (Lipinski definition) is 2. The average Bonchev–Trinajstić information content (AvgIpc) is 3.12. The van der Waals surface area contributed by atoms with Gasteiger partial charge in [0, 0.05) is 10.9 Å². The fraction of sp³-hybridized carbons (Fsp3) is 0.435. The van der Waals surface area contributed by atoms with E-state index in [4.69, 9.17) is 0 Å². The largest absolute Gasteiger partial charge is 0.481 e. The number of carbonyl (C=O) groups excluding carboxylic acids is 1. The fourth-order valence-corrected chi connectivity index (χ4v) is 4.49. The van der Waals surface area contributed by atoms with E-state index in [1.54, 1.807) is 0 Å². The SMILES string of the molecule is CC1=C(C)CC(C(=O)Nc2nc(-c3ccc(CC(C)C)cc3)cs2)C(C(=O)O)C1. The Balaban J connectivity index is 1.71. The highest BCUT2D eigenvalue weighted by molar-refractivity contribution is 7.14. The minimum absolute atomic E-state index is 0.266. The summed E-state index contributed by atoms with van der Waals surface area (Å²) in [4.78, 5) is 29.0. The standard InChI is InChI=1S/C23H28N2O3S/c1-13(2)9-16-5-7-17(8-6-16)20-12-29-23(24-20)25-21(26)18-10-14(3)15(4)11-19(18)22(27)28/h5-8,12-13,18-19H,9-11H2,1-4H3,(H,27,28)(H,24,25,26). The van der Waals surface area contributed by atoms with E-state index in [1.807, 2.05) is 19.2 Å². The van der Waals surface area contributed by atoms with Crippen LogP contribution >= 0.6 is 11.3 Å². The predicted octanol–water partition coefficient (Wildman–Crippen LogP) is 5.39. The average molecular weight is 413 g/mol. The molecule has 1 aliphatic rings. The number of anilines is 1. The van der Waals surface area contributed by atoms with Gasteiger partial charge in [-0.15, -0.1) is 11.3 Å². The second-order valence-electron chi connectivity index (χ2n) is 8.34. The van der Waals surface area contributed by atoms with Crippen LogP contribution in [0.4, 0.5) is 5.13 Å². The lowest BCUT2D eigenvalue weighted by atomic mass is 9.76. The van der Waals surface area contributed by atoms with Crippen LogP contribution in [-0.4, -0.2) is 22.0 Å². The summed E-state index contributed by atoms with van der Waals surface area (Å²) in [5.41, 5.74) is 5.28. The fourth-order valence-electron chi connectivity index (χ4n) is 3.77. The summed E-state index contributed by atoms with van der Waals surface area (Å²) in [6, 6.07) is 8.33. The van der Waals surface area contributed by atoms with Crippen LogP contribution in [0, 0.1) is 17.8 Å². The number of hydrogen-bond acceptors (Lipinski definition) is 4. The normalized spacial score (nSPS) is 19.5. The van der Waals surface area contributed by atoms with Crippen LogP contribution in [0.1, 0.15) is 46.1 Å². The number of allylic oxidation sites excluding steroid dienone is 2. The summed E-state index contributed by atoms with van der Waals surface area (Å²) < 4.78 is 0. The Morgan fingerprint density at radius 3 is 2.34 bits per heavy atom. The van der Waals surface area contributed by atoms with Gasteiger partial charge >= 0.3 is 5.97 Å². The van der Waals surface area contributed by atoms with Gasteiger partial charge in [0.1, 0.15) is 0 Å². The molecule has 1 aromatic heterocycles. The molecule has 2 N–H and O–H groups in total. The van der Waals surface area contributed by atoms with E-state index >= 15 is 0 Å². The van der Waals surface area contributed by atoms with E-state index in [-0.39, 0.29) is 5.91 Å². The van der Waals surface area contributed by atoms with Crippen molar-refractivity contribution >= 4 is 28.3 Å². The lowest BCUT2D eigenvalue weighted by Crippen LogP contribution is -2.36. The first kappa shape index (κ1) is 21.2. The molecule has 0 spiro atoms. The first-order valence-corrected chi connectivity index (χ1v) is 10.9. The van der Waals surface area contributed by atoms with Crippen LogP contribution in [-0.2, 0) is 16.0 Å². The number of aromatic nitrogens is 1. The first-order chi connectivity index (χ1) is 13.7. The van der Waals surface area contributed by atoms with E-state index in [0.29, 0.717) is 23.9 Å². The number of carboxylic acids is 1. The molecule has 0 radical (unpaired) electrons. The highest BCUT2D eigenvalue weighted by atomic mass is 32.1. The third-order valence-electron chi connectivity index (χ3n) is 5.55. The van der Waals surface area contributed by atoms with Crippen LogP contribution in [0.3, 0.4) is 0 Å². The van der Waals surface area contributed by atoms with Crippen molar-refractivity contribution in [3.8, 4) is 11.3 Å². The Labute approximate surface area is 175 Å². The molecule has 1 aromatic carbocycles. The summed E-state index contributed by atoms with van der Waals surface area (Å²) >= 11 is 1.36. The van der Waals surface area contributed by atoms with Gasteiger partial charge in [-0.3, -0.25) is 9.59 Å². The van der Waals surface area contributed by atoms with Gasteiger partial charge in [-0.1, -0.05) is 49.3 Å². The van der Waals surface area contributed by atoms with Crippen LogP contribution in [0.25, 0.3) is 11.3 Å². The summed E-state index contributed by atoms with van der Waals surface area (Å²) in [6.07, 6.45) is 1.94. The number of amides is 1. The molecule has 0 fully saturated rings. The van der Waals surface area contributed by atoms with Crippen LogP contribution < -0.4 is 5.32 Å². The van der Waals surface area contributed by atoms with Crippen molar-refractivity contribution in [2.75, 3.05) is 5.32 Å². The second-order valence-corrected chi connectivity index (χ2v) is 9.20. The number of carboxylic acid groups (broad SMARTS) is 1. The Morgan fingerprint density at radius 2 is 1.76 bits per heavy atom. The molecular formula is C23H28N2O3S. The Kier molecular flexibility index (Phi) is 6.52. The highest BCUT2D eigenvalue weighted by Crippen LogP contribution is 2.35. The quantitative estimate of drug-likeness (QED) is 0.623. The van der Waals surface area contributed by atoms with Crippen molar-refractivity contribution in [1.82, 2.24) is 4.98 Å². The molecule has 3 rings (SSSR count). The maximum Gasteiger partial charge on any atom is 0.307 e. The van der Waals surface area contributed by atoms with Gasteiger partial charge in [0.05, 0.1) is 17.5 Å². The number of rotatable bonds is 6. The van der Waals surface area contributed by atoms with Gasteiger partial charge in [0.25, 0.3) is 0 Å². The molecule has 0 aliphatic heterocycles. The predicted molar refractivity (Wildman–Crippen MR) is 117 cm³/mol. The zero-order chi connectivity index (χ0) is 21.1. The highest BCUT2D eigenvalue weighted by Gasteiger charge is 2.37. The first-order valence-electron chi connectivity index (χ1n) is 9.98. The van der Waals surface area contributed by atoms with Gasteiger partial charge < -0.3 is 10.4 Å². The minimum atomic E-state index is -0.918. The molecule has 29 heavy (non-hydrogen) atoms. The number of thiazole rings is 1. The molecule has 2 unspecified atom stereocenters. The van der Waals surface area contributed by atoms with Gasteiger partial charge in [-0.2, -0.15) is 0 Å². The number of aliphatic carboxylic acids is 1. The maximum atomic E-state index is 12.8. The summed E-state index contributed by atoms with van der Waals surface area (Å²) in [6.45, 7) is 8.31. The van der Waals surface area contributed by atoms with Crippen molar-refractivity contribution in [2.45, 2.75) is 47.0 Å². The van der Waals surface area contributed by atoms with Crippen LogP contribution in [0.2, 0.25) is 0 Å². The molecule has 0 saturated heterocycles. The molecule has 1 amide bonds. The molecule has 6 heteroatoms. The minimum Gasteiger partial charge on any atom is -0.481 e. The zero-order valence-corrected chi connectivity index (χ0v) is 18.2. The molecule has 0 saturated carbocycles. The monoisotopic (exact) mass is 412 g/mol. The smallest absolute Gasteiger partial charge is 0.307 e. The lowest BCUT2D eigenvalue weighted by Gasteiger charge is -2.29. The molecule has 154 valence electrons. The third-order valence-corrected chi connectivity index (χ3v) is 6.31. The van der Waals surface area contributed by atoms with E-state index in [0.717, 1.165) is 28.8 Å². The third kappa shape index (κ3) is 5.12. The van der Waals surface area contributed by atoms with E-state index in [1.165, 1.54) is 16.9 Å². The van der Waals surface area contributed by atoms with Crippen molar-refractivity contribution in [3.05, 3.63) is 46.4 Å². The van der Waals surface area contributed by atoms with E-state index in [2.05, 4.69) is 48.4 Å². The van der Waals surface area contributed by atoms with Gasteiger partial charge in [0.2, 0.25) is 5.91 Å². The Bertz CT molecular complexity index is 928. The summed E-state index contributed by atoms with van der Waals surface area (Å²) in [7, 11) is 0. The summed E-state index contributed by atoms with van der Waals surface area (Å²) in [5, 5.41) is 14.8. The molecule has 1 heterocycles.